The zero-order chi connectivity index (χ0) is 42.1. The highest BCUT2D eigenvalue weighted by Crippen LogP contribution is 2.50. The Morgan fingerprint density at radius 1 is 0.638 bits per heavy atom. The van der Waals surface area contributed by atoms with Crippen molar-refractivity contribution < 1.29 is 27.0 Å². The number of likely N-dealkylation sites (N-methyl/N-ethyl adjacent to an activating group) is 4. The molecule has 4 heterocycles. The first-order chi connectivity index (χ1) is 27.7. The molecule has 0 amide bonds. The Hall–Kier alpha value is -2.10. The molecule has 58 heavy (non-hydrogen) atoms. The van der Waals surface area contributed by atoms with Gasteiger partial charge >= 0.3 is 0 Å². The summed E-state index contributed by atoms with van der Waals surface area (Å²) in [6.45, 7) is 16.2. The third kappa shape index (κ3) is 11.6. The van der Waals surface area contributed by atoms with Gasteiger partial charge in [-0.05, 0) is 129 Å². The van der Waals surface area contributed by atoms with Crippen molar-refractivity contribution in [2.75, 3.05) is 80.8 Å². The predicted octanol–water partition coefficient (Wildman–Crippen LogP) is 7.63. The summed E-state index contributed by atoms with van der Waals surface area (Å²) in [6, 6.07) is 0. The normalized spacial score (nSPS) is 26.2. The number of ether oxygens (including phenoxy) is 2. The number of fused-ring (bicyclic) bond motifs is 2. The first-order valence-corrected chi connectivity index (χ1v) is 22.4. The van der Waals surface area contributed by atoms with E-state index in [0.717, 1.165) is 164 Å². The number of hydrogen-bond acceptors (Lipinski definition) is 8. The van der Waals surface area contributed by atoms with Crippen LogP contribution in [0.15, 0.2) is 0 Å². The second-order valence-corrected chi connectivity index (χ2v) is 18.2. The van der Waals surface area contributed by atoms with E-state index in [4.69, 9.17) is 9.47 Å². The molecule has 2 saturated carbocycles. The molecule has 0 spiro atoms. The van der Waals surface area contributed by atoms with E-state index in [1.807, 2.05) is 27.9 Å². The first kappa shape index (κ1) is 47.0. The van der Waals surface area contributed by atoms with Gasteiger partial charge in [0.15, 0.2) is 0 Å². The topological polar surface area (TPSA) is 84.6 Å². The lowest BCUT2D eigenvalue weighted by Crippen LogP contribution is -2.32. The molecule has 0 aromatic carbocycles. The summed E-state index contributed by atoms with van der Waals surface area (Å²) in [5.41, 5.74) is 6.32. The third-order valence-corrected chi connectivity index (χ3v) is 13.9. The highest BCUT2D eigenvalue weighted by molar-refractivity contribution is 5.35. The Kier molecular flexibility index (Phi) is 16.7. The molecule has 0 bridgehead atoms. The average Bonchev–Trinajstić information content (AvgIpc) is 3.88. The maximum Gasteiger partial charge on any atom is 0.272 e. The third-order valence-electron chi connectivity index (χ3n) is 13.9. The maximum absolute atomic E-state index is 14.1. The van der Waals surface area contributed by atoms with E-state index >= 15 is 0 Å². The number of nitrogens with one attached hydrogen (secondary N) is 2. The van der Waals surface area contributed by atoms with Crippen molar-refractivity contribution in [2.24, 2.45) is 10.8 Å². The van der Waals surface area contributed by atoms with Crippen molar-refractivity contribution >= 4 is 0 Å². The Morgan fingerprint density at radius 3 is 1.31 bits per heavy atom. The summed E-state index contributed by atoms with van der Waals surface area (Å²) >= 11 is 0. The highest BCUT2D eigenvalue weighted by Gasteiger charge is 2.46. The molecule has 0 saturated heterocycles. The largest absolute Gasteiger partial charge is 0.381 e. The molecule has 0 atom stereocenters. The lowest BCUT2D eigenvalue weighted by Gasteiger charge is -2.40. The van der Waals surface area contributed by atoms with Crippen LogP contribution in [-0.2, 0) is 48.5 Å². The van der Waals surface area contributed by atoms with Crippen LogP contribution in [0.3, 0.4) is 0 Å². The van der Waals surface area contributed by atoms with E-state index in [1.54, 1.807) is 9.36 Å². The van der Waals surface area contributed by atoms with Crippen LogP contribution in [0.1, 0.15) is 138 Å². The van der Waals surface area contributed by atoms with E-state index in [1.165, 1.54) is 0 Å². The van der Waals surface area contributed by atoms with Gasteiger partial charge in [-0.1, -0.05) is 13.8 Å². The van der Waals surface area contributed by atoms with Gasteiger partial charge in [-0.25, -0.2) is 17.6 Å². The van der Waals surface area contributed by atoms with Crippen LogP contribution in [0.5, 0.6) is 0 Å². The zero-order valence-electron chi connectivity index (χ0n) is 37.1. The van der Waals surface area contributed by atoms with Crippen molar-refractivity contribution in [1.82, 2.24) is 40.0 Å². The molecule has 10 nitrogen and oxygen atoms in total. The van der Waals surface area contributed by atoms with Crippen molar-refractivity contribution in [3.8, 4) is 0 Å². The van der Waals surface area contributed by atoms with E-state index in [0.29, 0.717) is 11.8 Å². The summed E-state index contributed by atoms with van der Waals surface area (Å²) in [5, 5.41) is 15.7. The summed E-state index contributed by atoms with van der Waals surface area (Å²) < 4.78 is 71.1. The molecule has 332 valence electrons. The maximum atomic E-state index is 14.1. The van der Waals surface area contributed by atoms with Gasteiger partial charge in [0.1, 0.15) is 13.1 Å². The first-order valence-electron chi connectivity index (χ1n) is 22.4. The minimum atomic E-state index is -2.66. The lowest BCUT2D eigenvalue weighted by molar-refractivity contribution is -0.000241. The van der Waals surface area contributed by atoms with Crippen molar-refractivity contribution in [1.29, 1.82) is 0 Å². The van der Waals surface area contributed by atoms with Crippen LogP contribution in [0.25, 0.3) is 0 Å². The van der Waals surface area contributed by atoms with Crippen LogP contribution >= 0.6 is 0 Å². The minimum absolute atomic E-state index is 0.163. The van der Waals surface area contributed by atoms with Gasteiger partial charge in [0.25, 0.3) is 11.8 Å². The van der Waals surface area contributed by atoms with Crippen molar-refractivity contribution in [3.05, 3.63) is 33.9 Å². The highest BCUT2D eigenvalue weighted by atomic mass is 19.3. The van der Waals surface area contributed by atoms with Crippen LogP contribution in [0.2, 0.25) is 0 Å². The fourth-order valence-corrected chi connectivity index (χ4v) is 10.1. The van der Waals surface area contributed by atoms with Gasteiger partial charge in [-0.3, -0.25) is 19.2 Å². The van der Waals surface area contributed by atoms with Gasteiger partial charge in [0, 0.05) is 75.0 Å². The van der Waals surface area contributed by atoms with Gasteiger partial charge in [0.2, 0.25) is 0 Å². The van der Waals surface area contributed by atoms with Gasteiger partial charge in [-0.15, -0.1) is 0 Å². The molecular weight excluding hydrogens is 749 g/mol. The van der Waals surface area contributed by atoms with Crippen LogP contribution < -0.4 is 10.6 Å². The summed E-state index contributed by atoms with van der Waals surface area (Å²) in [7, 11) is 8.03. The van der Waals surface area contributed by atoms with Gasteiger partial charge in [-0.2, -0.15) is 10.2 Å². The average molecular weight is 825 g/mol. The molecule has 4 aliphatic rings. The molecule has 0 radical (unpaired) electrons. The Labute approximate surface area is 346 Å². The fraction of sp³-hybridized carbons (Fsp3) is 0.864. The molecule has 6 rings (SSSR count). The van der Waals surface area contributed by atoms with E-state index < -0.39 is 11.8 Å². The molecule has 2 fully saturated rings. The number of rotatable bonds is 20. The summed E-state index contributed by atoms with van der Waals surface area (Å²) in [5.74, 6) is -4.65. The molecule has 2 N–H and O–H groups in total. The number of hydrogen-bond donors (Lipinski definition) is 2. The number of alkyl halides is 4. The second-order valence-electron chi connectivity index (χ2n) is 18.2. The summed E-state index contributed by atoms with van der Waals surface area (Å²) in [6.07, 6.45) is 10.5. The number of nitrogens with zero attached hydrogens (tertiary/aromatic N) is 6. The van der Waals surface area contributed by atoms with Crippen molar-refractivity contribution in [2.45, 2.75) is 155 Å². The van der Waals surface area contributed by atoms with Crippen LogP contribution in [0.4, 0.5) is 17.6 Å². The van der Waals surface area contributed by atoms with Gasteiger partial charge in [0.05, 0.1) is 37.4 Å². The molecule has 2 aliphatic carbocycles. The second kappa shape index (κ2) is 20.6. The van der Waals surface area contributed by atoms with Crippen LogP contribution in [0, 0.1) is 10.8 Å². The molecule has 2 aliphatic heterocycles. The molecule has 2 aromatic heterocycles. The molecule has 0 unspecified atom stereocenters. The smallest absolute Gasteiger partial charge is 0.272 e. The van der Waals surface area contributed by atoms with E-state index in [9.17, 15) is 17.6 Å². The van der Waals surface area contributed by atoms with Crippen molar-refractivity contribution in [3.63, 3.8) is 0 Å². The monoisotopic (exact) mass is 825 g/mol. The Balaban J connectivity index is 0.000000221. The summed E-state index contributed by atoms with van der Waals surface area (Å²) in [4.78, 5) is 4.45. The Morgan fingerprint density at radius 2 is 1.00 bits per heavy atom. The quantitative estimate of drug-likeness (QED) is 0.132. The Bertz CT molecular complexity index is 1450. The number of halogens is 4. The van der Waals surface area contributed by atoms with E-state index in [-0.39, 0.29) is 36.8 Å². The van der Waals surface area contributed by atoms with Crippen LogP contribution in [-0.4, -0.2) is 122 Å². The number of aromatic nitrogens is 4. The SMILES string of the molecule is CCOCC1(CC)CCC(c2c(CN(C)CCNC)nn3c2CC(F)(F)C3)CC1.CCOCC1(CC)CCC(c2c(CN(C)CCNC)nn3c2CC(F)(F)C3)CC1. The standard InChI is InChI=1S/2C22H38F2N4O/c2*1-5-21(16-29-6-2)9-7-17(8-10-21)20-18(14-27(4)12-11-25-3)26-28-15-22(23,24)13-19(20)28/h2*17,25H,5-16H2,1-4H3. The molecular formula is C44H76F4N8O2. The minimum Gasteiger partial charge on any atom is -0.381 e. The molecule has 2 aromatic rings. The van der Waals surface area contributed by atoms with Gasteiger partial charge < -0.3 is 20.1 Å². The molecule has 14 heteroatoms. The lowest BCUT2D eigenvalue weighted by atomic mass is 9.67. The zero-order valence-corrected chi connectivity index (χ0v) is 37.1. The fourth-order valence-electron chi connectivity index (χ4n) is 10.1. The van der Waals surface area contributed by atoms with E-state index in [2.05, 4.69) is 58.6 Å². The predicted molar refractivity (Wildman–Crippen MR) is 223 cm³/mol.